The summed E-state index contributed by atoms with van der Waals surface area (Å²) in [6.07, 6.45) is 3.60. The van der Waals surface area contributed by atoms with Gasteiger partial charge in [0.15, 0.2) is 0 Å². The Balaban J connectivity index is 2.01. The summed E-state index contributed by atoms with van der Waals surface area (Å²) in [6, 6.07) is 0. The van der Waals surface area contributed by atoms with Gasteiger partial charge in [-0.2, -0.15) is 0 Å². The highest BCUT2D eigenvalue weighted by molar-refractivity contribution is 7.11. The van der Waals surface area contributed by atoms with Crippen LogP contribution in [0.5, 0.6) is 0 Å². The van der Waals surface area contributed by atoms with Crippen molar-refractivity contribution in [1.82, 2.24) is 19.7 Å². The zero-order valence-corrected chi connectivity index (χ0v) is 11.4. The molecule has 0 amide bonds. The van der Waals surface area contributed by atoms with Gasteiger partial charge in [-0.15, -0.1) is 21.5 Å². The fourth-order valence-electron chi connectivity index (χ4n) is 1.35. The molecule has 0 atom stereocenters. The Morgan fingerprint density at radius 1 is 1.41 bits per heavy atom. The van der Waals surface area contributed by atoms with Gasteiger partial charge in [0.1, 0.15) is 6.33 Å². The van der Waals surface area contributed by atoms with Crippen LogP contribution in [-0.2, 0) is 19.0 Å². The van der Waals surface area contributed by atoms with Gasteiger partial charge in [0.25, 0.3) is 0 Å². The highest BCUT2D eigenvalue weighted by Crippen LogP contribution is 2.26. The first kappa shape index (κ1) is 12.0. The number of aryl methyl sites for hydroxylation is 1. The van der Waals surface area contributed by atoms with Gasteiger partial charge in [0.2, 0.25) is 5.95 Å². The van der Waals surface area contributed by atoms with Crippen LogP contribution in [0.3, 0.4) is 0 Å². The summed E-state index contributed by atoms with van der Waals surface area (Å²) in [4.78, 5) is 5.65. The van der Waals surface area contributed by atoms with Crippen LogP contribution < -0.4 is 5.32 Å². The number of thiazole rings is 1. The lowest BCUT2D eigenvalue weighted by atomic mass is 9.98. The second-order valence-corrected chi connectivity index (χ2v) is 6.12. The third kappa shape index (κ3) is 2.82. The van der Waals surface area contributed by atoms with Crippen molar-refractivity contribution in [2.24, 2.45) is 7.05 Å². The molecule has 0 aliphatic heterocycles. The van der Waals surface area contributed by atoms with Crippen molar-refractivity contribution in [1.29, 1.82) is 0 Å². The molecule has 0 aliphatic rings. The molecular formula is C11H17N5S. The SMILES string of the molecule is Cn1cnnc1NCc1cnc(C(C)(C)C)s1. The van der Waals surface area contributed by atoms with Crippen LogP contribution in [0.2, 0.25) is 0 Å². The summed E-state index contributed by atoms with van der Waals surface area (Å²) < 4.78 is 1.85. The normalized spacial score (nSPS) is 11.8. The van der Waals surface area contributed by atoms with Gasteiger partial charge in [-0.3, -0.25) is 0 Å². The Kier molecular flexibility index (Phi) is 3.15. The second kappa shape index (κ2) is 4.44. The fraction of sp³-hybridized carbons (Fsp3) is 0.545. The van der Waals surface area contributed by atoms with Crippen molar-refractivity contribution in [3.05, 3.63) is 22.4 Å². The second-order valence-electron chi connectivity index (χ2n) is 5.00. The molecule has 2 aromatic rings. The van der Waals surface area contributed by atoms with Gasteiger partial charge in [0, 0.05) is 23.5 Å². The lowest BCUT2D eigenvalue weighted by molar-refractivity contribution is 0.585. The molecule has 92 valence electrons. The van der Waals surface area contributed by atoms with E-state index in [1.165, 1.54) is 4.88 Å². The summed E-state index contributed by atoms with van der Waals surface area (Å²) in [5, 5.41) is 12.2. The zero-order chi connectivity index (χ0) is 12.5. The Morgan fingerprint density at radius 3 is 2.71 bits per heavy atom. The third-order valence-corrected chi connectivity index (χ3v) is 3.75. The number of hydrogen-bond acceptors (Lipinski definition) is 5. The number of hydrogen-bond donors (Lipinski definition) is 1. The fourth-order valence-corrected chi connectivity index (χ4v) is 2.26. The van der Waals surface area contributed by atoms with Crippen molar-refractivity contribution in [2.75, 3.05) is 5.32 Å². The van der Waals surface area contributed by atoms with Gasteiger partial charge >= 0.3 is 0 Å². The van der Waals surface area contributed by atoms with E-state index in [0.717, 1.165) is 17.5 Å². The monoisotopic (exact) mass is 251 g/mol. The zero-order valence-electron chi connectivity index (χ0n) is 10.6. The Morgan fingerprint density at radius 2 is 2.18 bits per heavy atom. The van der Waals surface area contributed by atoms with Gasteiger partial charge in [0.05, 0.1) is 11.6 Å². The summed E-state index contributed by atoms with van der Waals surface area (Å²) >= 11 is 1.74. The van der Waals surface area contributed by atoms with Crippen LogP contribution in [0, 0.1) is 0 Å². The van der Waals surface area contributed by atoms with Crippen molar-refractivity contribution >= 4 is 17.3 Å². The number of rotatable bonds is 3. The van der Waals surface area contributed by atoms with E-state index in [9.17, 15) is 0 Å². The standard InChI is InChI=1S/C11H17N5S/c1-11(2,3)9-12-5-8(17-9)6-13-10-15-14-7-16(10)4/h5,7H,6H2,1-4H3,(H,13,15). The number of nitrogens with zero attached hydrogens (tertiary/aromatic N) is 4. The van der Waals surface area contributed by atoms with Crippen LogP contribution >= 0.6 is 11.3 Å². The predicted octanol–water partition coefficient (Wildman–Crippen LogP) is 2.18. The first-order valence-electron chi connectivity index (χ1n) is 5.50. The van der Waals surface area contributed by atoms with E-state index in [-0.39, 0.29) is 5.41 Å². The Labute approximate surface area is 105 Å². The summed E-state index contributed by atoms with van der Waals surface area (Å²) in [6.45, 7) is 7.25. The molecule has 2 rings (SSSR count). The Hall–Kier alpha value is -1.43. The van der Waals surface area contributed by atoms with E-state index in [1.54, 1.807) is 17.7 Å². The van der Waals surface area contributed by atoms with E-state index in [2.05, 4.69) is 41.3 Å². The molecule has 5 nitrogen and oxygen atoms in total. The van der Waals surface area contributed by atoms with E-state index < -0.39 is 0 Å². The molecule has 0 spiro atoms. The minimum atomic E-state index is 0.119. The van der Waals surface area contributed by atoms with E-state index in [1.807, 2.05) is 17.8 Å². The van der Waals surface area contributed by atoms with Crippen LogP contribution in [0.15, 0.2) is 12.5 Å². The minimum absolute atomic E-state index is 0.119. The predicted molar refractivity (Wildman–Crippen MR) is 69.1 cm³/mol. The molecule has 0 unspecified atom stereocenters. The lowest BCUT2D eigenvalue weighted by Crippen LogP contribution is -2.09. The van der Waals surface area contributed by atoms with Crippen LogP contribution in [0.25, 0.3) is 0 Å². The van der Waals surface area contributed by atoms with Crippen molar-refractivity contribution < 1.29 is 0 Å². The van der Waals surface area contributed by atoms with Crippen molar-refractivity contribution in [3.8, 4) is 0 Å². The maximum atomic E-state index is 4.45. The third-order valence-electron chi connectivity index (χ3n) is 2.33. The summed E-state index contributed by atoms with van der Waals surface area (Å²) in [5.74, 6) is 0.774. The average Bonchev–Trinajstić information content (AvgIpc) is 2.82. The molecule has 0 aromatic carbocycles. The molecule has 1 N–H and O–H groups in total. The highest BCUT2D eigenvalue weighted by atomic mass is 32.1. The molecule has 17 heavy (non-hydrogen) atoms. The van der Waals surface area contributed by atoms with E-state index in [4.69, 9.17) is 0 Å². The molecule has 0 fully saturated rings. The molecule has 0 bridgehead atoms. The van der Waals surface area contributed by atoms with Crippen molar-refractivity contribution in [3.63, 3.8) is 0 Å². The number of anilines is 1. The highest BCUT2D eigenvalue weighted by Gasteiger charge is 2.17. The minimum Gasteiger partial charge on any atom is -0.349 e. The Bertz CT molecular complexity index is 494. The van der Waals surface area contributed by atoms with Crippen LogP contribution in [0.1, 0.15) is 30.7 Å². The molecule has 6 heteroatoms. The van der Waals surface area contributed by atoms with Gasteiger partial charge in [-0.05, 0) is 0 Å². The van der Waals surface area contributed by atoms with Crippen molar-refractivity contribution in [2.45, 2.75) is 32.7 Å². The molecule has 0 radical (unpaired) electrons. The topological polar surface area (TPSA) is 55.6 Å². The maximum Gasteiger partial charge on any atom is 0.224 e. The average molecular weight is 251 g/mol. The van der Waals surface area contributed by atoms with Gasteiger partial charge in [-0.1, -0.05) is 20.8 Å². The quantitative estimate of drug-likeness (QED) is 0.908. The summed E-state index contributed by atoms with van der Waals surface area (Å²) in [5.41, 5.74) is 0.119. The smallest absolute Gasteiger partial charge is 0.224 e. The van der Waals surface area contributed by atoms with Crippen LogP contribution in [-0.4, -0.2) is 19.7 Å². The van der Waals surface area contributed by atoms with Crippen LogP contribution in [0.4, 0.5) is 5.95 Å². The maximum absolute atomic E-state index is 4.45. The largest absolute Gasteiger partial charge is 0.349 e. The molecule has 2 heterocycles. The lowest BCUT2D eigenvalue weighted by Gasteiger charge is -2.13. The van der Waals surface area contributed by atoms with Gasteiger partial charge in [-0.25, -0.2) is 4.98 Å². The number of nitrogens with one attached hydrogen (secondary N) is 1. The molecule has 2 aromatic heterocycles. The first-order chi connectivity index (χ1) is 7.97. The van der Waals surface area contributed by atoms with Gasteiger partial charge < -0.3 is 9.88 Å². The molecule has 0 saturated heterocycles. The van der Waals surface area contributed by atoms with E-state index in [0.29, 0.717) is 0 Å². The summed E-state index contributed by atoms with van der Waals surface area (Å²) in [7, 11) is 1.91. The first-order valence-corrected chi connectivity index (χ1v) is 6.31. The van der Waals surface area contributed by atoms with E-state index >= 15 is 0 Å². The molecule has 0 saturated carbocycles. The molecular weight excluding hydrogens is 234 g/mol. The molecule has 0 aliphatic carbocycles. The number of aromatic nitrogens is 4.